The largest absolute Gasteiger partial charge is 0.294 e. The van der Waals surface area contributed by atoms with Gasteiger partial charge in [0.2, 0.25) is 0 Å². The first-order valence-corrected chi connectivity index (χ1v) is 2.99. The number of Topliss-reactive ketones (excluding diaryl/α,β-unsaturated/α-hetero) is 1. The Balaban J connectivity index is 3.27. The number of carbonyl (C=O) groups is 1. The first-order chi connectivity index (χ1) is 5.13. The topological polar surface area (TPSA) is 17.1 Å². The Bertz CT molecular complexity index is 294. The normalized spacial score (nSPS) is 9.73. The zero-order valence-electron chi connectivity index (χ0n) is 5.82. The van der Waals surface area contributed by atoms with Crippen LogP contribution in [0, 0.1) is 17.7 Å². The minimum Gasteiger partial charge on any atom is -0.294 e. The van der Waals surface area contributed by atoms with Crippen molar-refractivity contribution in [1.29, 1.82) is 0 Å². The van der Waals surface area contributed by atoms with Crippen molar-refractivity contribution in [2.75, 3.05) is 0 Å². The monoisotopic (exact) mass is 155 g/mol. The number of hydrogen-bond acceptors (Lipinski definition) is 1. The molecule has 3 heteroatoms. The molecule has 0 saturated carbocycles. The zero-order valence-corrected chi connectivity index (χ0v) is 5.82. The predicted molar refractivity (Wildman–Crippen MR) is 35.2 cm³/mol. The summed E-state index contributed by atoms with van der Waals surface area (Å²) in [5, 5.41) is 0. The van der Waals surface area contributed by atoms with E-state index in [1.807, 2.05) is 6.07 Å². The van der Waals surface area contributed by atoms with E-state index in [4.69, 9.17) is 0 Å². The van der Waals surface area contributed by atoms with Gasteiger partial charge >= 0.3 is 0 Å². The van der Waals surface area contributed by atoms with Crippen LogP contribution in [0.5, 0.6) is 0 Å². The van der Waals surface area contributed by atoms with Crippen LogP contribution in [0.15, 0.2) is 12.1 Å². The van der Waals surface area contributed by atoms with Crippen molar-refractivity contribution in [3.05, 3.63) is 35.4 Å². The maximum atomic E-state index is 12.6. The molecule has 0 atom stereocenters. The van der Waals surface area contributed by atoms with Crippen molar-refractivity contribution in [2.45, 2.75) is 6.92 Å². The first kappa shape index (κ1) is 7.85. The molecule has 0 bridgehead atoms. The maximum absolute atomic E-state index is 12.6. The van der Waals surface area contributed by atoms with Crippen molar-refractivity contribution in [2.24, 2.45) is 0 Å². The lowest BCUT2D eigenvalue weighted by Gasteiger charge is -1.96. The minimum absolute atomic E-state index is 0.235. The molecule has 0 aliphatic heterocycles. The molecule has 0 unspecified atom stereocenters. The summed E-state index contributed by atoms with van der Waals surface area (Å²) in [7, 11) is 0. The molecule has 0 fully saturated rings. The summed E-state index contributed by atoms with van der Waals surface area (Å²) in [5.41, 5.74) is -0.235. The molecule has 1 aromatic rings. The van der Waals surface area contributed by atoms with Crippen LogP contribution >= 0.6 is 0 Å². The number of hydrogen-bond donors (Lipinski definition) is 0. The molecule has 0 aliphatic carbocycles. The standard InChI is InChI=1S/C8H5F2O/c1-5(11)6-3-2-4-7(9)8(6)10/h2-3H,1H3. The lowest BCUT2D eigenvalue weighted by Crippen LogP contribution is -1.98. The van der Waals surface area contributed by atoms with Crippen LogP contribution in [-0.4, -0.2) is 5.78 Å². The average molecular weight is 155 g/mol. The van der Waals surface area contributed by atoms with Crippen LogP contribution in [0.4, 0.5) is 8.78 Å². The van der Waals surface area contributed by atoms with Crippen LogP contribution in [0.2, 0.25) is 0 Å². The van der Waals surface area contributed by atoms with Crippen LogP contribution in [0.3, 0.4) is 0 Å². The fraction of sp³-hybridized carbons (Fsp3) is 0.125. The Morgan fingerprint density at radius 3 is 2.64 bits per heavy atom. The number of rotatable bonds is 1. The third-order valence-corrected chi connectivity index (χ3v) is 1.27. The highest BCUT2D eigenvalue weighted by molar-refractivity contribution is 5.94. The van der Waals surface area contributed by atoms with E-state index in [1.165, 1.54) is 19.1 Å². The van der Waals surface area contributed by atoms with Crippen LogP contribution in [0.1, 0.15) is 17.3 Å². The number of halogens is 2. The highest BCUT2D eigenvalue weighted by Crippen LogP contribution is 2.10. The van der Waals surface area contributed by atoms with Gasteiger partial charge in [-0.15, -0.1) is 0 Å². The molecule has 1 rings (SSSR count). The molecular formula is C8H5F2O. The van der Waals surface area contributed by atoms with Gasteiger partial charge in [-0.25, -0.2) is 8.78 Å². The van der Waals surface area contributed by atoms with E-state index in [-0.39, 0.29) is 5.56 Å². The number of carbonyl (C=O) groups excluding carboxylic acids is 1. The summed E-state index contributed by atoms with van der Waals surface area (Å²) in [6.07, 6.45) is 0. The van der Waals surface area contributed by atoms with E-state index in [1.54, 1.807) is 0 Å². The lowest BCUT2D eigenvalue weighted by molar-refractivity contribution is 0.101. The molecule has 0 saturated heterocycles. The van der Waals surface area contributed by atoms with E-state index in [2.05, 4.69) is 0 Å². The third-order valence-electron chi connectivity index (χ3n) is 1.27. The Morgan fingerprint density at radius 1 is 1.55 bits per heavy atom. The molecule has 57 valence electrons. The summed E-state index contributed by atoms with van der Waals surface area (Å²) in [6.45, 7) is 1.18. The van der Waals surface area contributed by atoms with Crippen molar-refractivity contribution >= 4 is 5.78 Å². The van der Waals surface area contributed by atoms with E-state index in [9.17, 15) is 13.6 Å². The van der Waals surface area contributed by atoms with E-state index in [0.29, 0.717) is 0 Å². The highest BCUT2D eigenvalue weighted by Gasteiger charge is 2.10. The first-order valence-electron chi connectivity index (χ1n) is 2.99. The predicted octanol–water partition coefficient (Wildman–Crippen LogP) is 1.97. The van der Waals surface area contributed by atoms with E-state index < -0.39 is 17.4 Å². The van der Waals surface area contributed by atoms with Crippen molar-refractivity contribution < 1.29 is 13.6 Å². The van der Waals surface area contributed by atoms with Crippen molar-refractivity contribution in [3.8, 4) is 0 Å². The van der Waals surface area contributed by atoms with Crippen molar-refractivity contribution in [1.82, 2.24) is 0 Å². The Kier molecular flexibility index (Phi) is 1.98. The summed E-state index contributed by atoms with van der Waals surface area (Å²) in [6, 6.07) is 4.37. The molecule has 11 heavy (non-hydrogen) atoms. The molecule has 0 N–H and O–H groups in total. The summed E-state index contributed by atoms with van der Waals surface area (Å²) in [5.74, 6) is -2.73. The van der Waals surface area contributed by atoms with Gasteiger partial charge in [-0.1, -0.05) is 6.07 Å². The minimum atomic E-state index is -1.12. The lowest BCUT2D eigenvalue weighted by atomic mass is 10.1. The maximum Gasteiger partial charge on any atom is 0.170 e. The second-order valence-corrected chi connectivity index (χ2v) is 2.08. The van der Waals surface area contributed by atoms with Gasteiger partial charge in [-0.3, -0.25) is 4.79 Å². The molecule has 1 aromatic carbocycles. The smallest absolute Gasteiger partial charge is 0.170 e. The fourth-order valence-electron chi connectivity index (χ4n) is 0.725. The van der Waals surface area contributed by atoms with Gasteiger partial charge in [-0.2, -0.15) is 0 Å². The molecule has 0 heterocycles. The Morgan fingerprint density at radius 2 is 2.18 bits per heavy atom. The third kappa shape index (κ3) is 1.42. The molecule has 1 nitrogen and oxygen atoms in total. The quantitative estimate of drug-likeness (QED) is 0.566. The molecule has 1 radical (unpaired) electrons. The molecular weight excluding hydrogens is 150 g/mol. The fourth-order valence-corrected chi connectivity index (χ4v) is 0.725. The van der Waals surface area contributed by atoms with Gasteiger partial charge in [0, 0.05) is 6.07 Å². The van der Waals surface area contributed by atoms with Gasteiger partial charge in [0.05, 0.1) is 5.56 Å². The van der Waals surface area contributed by atoms with Gasteiger partial charge < -0.3 is 0 Å². The van der Waals surface area contributed by atoms with Gasteiger partial charge in [0.25, 0.3) is 0 Å². The second-order valence-electron chi connectivity index (χ2n) is 2.08. The number of ketones is 1. The highest BCUT2D eigenvalue weighted by atomic mass is 19.2. The van der Waals surface area contributed by atoms with Gasteiger partial charge in [0.15, 0.2) is 17.4 Å². The van der Waals surface area contributed by atoms with Crippen LogP contribution in [-0.2, 0) is 0 Å². The zero-order chi connectivity index (χ0) is 8.43. The van der Waals surface area contributed by atoms with Gasteiger partial charge in [0.1, 0.15) is 0 Å². The molecule has 0 aliphatic rings. The van der Waals surface area contributed by atoms with Crippen LogP contribution < -0.4 is 0 Å². The second kappa shape index (κ2) is 2.78. The summed E-state index contributed by atoms with van der Waals surface area (Å²) < 4.78 is 25.0. The van der Waals surface area contributed by atoms with Crippen molar-refractivity contribution in [3.63, 3.8) is 0 Å². The summed E-state index contributed by atoms with van der Waals surface area (Å²) in [4.78, 5) is 10.6. The summed E-state index contributed by atoms with van der Waals surface area (Å²) >= 11 is 0. The average Bonchev–Trinajstić information content (AvgIpc) is 1.94. The molecule has 0 amide bonds. The SMILES string of the molecule is CC(=O)c1cc[c]c(F)c1F. The Labute approximate surface area is 62.7 Å². The molecule has 0 spiro atoms. The Hall–Kier alpha value is -1.25. The van der Waals surface area contributed by atoms with Gasteiger partial charge in [-0.05, 0) is 13.0 Å². The van der Waals surface area contributed by atoms with E-state index >= 15 is 0 Å². The van der Waals surface area contributed by atoms with Crippen LogP contribution in [0.25, 0.3) is 0 Å². The van der Waals surface area contributed by atoms with E-state index in [0.717, 1.165) is 0 Å². The number of benzene rings is 1. The molecule has 0 aromatic heterocycles.